The summed E-state index contributed by atoms with van der Waals surface area (Å²) in [6, 6.07) is 17.8. The van der Waals surface area contributed by atoms with Crippen molar-refractivity contribution in [3.63, 3.8) is 0 Å². The van der Waals surface area contributed by atoms with Gasteiger partial charge in [-0.25, -0.2) is 4.98 Å². The van der Waals surface area contributed by atoms with E-state index in [1.807, 2.05) is 54.6 Å². The lowest BCUT2D eigenvalue weighted by atomic mass is 10.1. The lowest BCUT2D eigenvalue weighted by Gasteiger charge is -2.23. The SMILES string of the molecule is C[C@@H]1Cc2ccccc2N1c1nc2nccc(/C=C/c3ccc(Cl)cc3)c2c(=O)[nH]1. The van der Waals surface area contributed by atoms with Crippen molar-refractivity contribution >= 4 is 46.4 Å². The summed E-state index contributed by atoms with van der Waals surface area (Å²) in [4.78, 5) is 27.2. The molecule has 0 bridgehead atoms. The minimum absolute atomic E-state index is 0.199. The van der Waals surface area contributed by atoms with Gasteiger partial charge in [0.15, 0.2) is 5.65 Å². The van der Waals surface area contributed by atoms with Gasteiger partial charge >= 0.3 is 0 Å². The molecule has 0 fully saturated rings. The van der Waals surface area contributed by atoms with Gasteiger partial charge in [-0.2, -0.15) is 4.98 Å². The second-order valence-electron chi connectivity index (χ2n) is 7.43. The Morgan fingerprint density at radius 1 is 1.10 bits per heavy atom. The summed E-state index contributed by atoms with van der Waals surface area (Å²) in [6.07, 6.45) is 6.44. The number of anilines is 2. The van der Waals surface area contributed by atoms with Crippen LogP contribution in [0, 0.1) is 0 Å². The molecule has 4 aromatic rings. The second kappa shape index (κ2) is 7.43. The van der Waals surface area contributed by atoms with E-state index in [9.17, 15) is 4.79 Å². The van der Waals surface area contributed by atoms with Crippen molar-refractivity contribution in [3.8, 4) is 0 Å². The zero-order chi connectivity index (χ0) is 20.7. The van der Waals surface area contributed by atoms with Crippen molar-refractivity contribution in [1.29, 1.82) is 0 Å². The van der Waals surface area contributed by atoms with Crippen LogP contribution in [0.4, 0.5) is 11.6 Å². The fourth-order valence-electron chi connectivity index (χ4n) is 3.98. The number of aromatic amines is 1. The molecule has 1 atom stereocenters. The maximum Gasteiger partial charge on any atom is 0.262 e. The van der Waals surface area contributed by atoms with Crippen molar-refractivity contribution in [2.45, 2.75) is 19.4 Å². The molecule has 30 heavy (non-hydrogen) atoms. The lowest BCUT2D eigenvalue weighted by Crippen LogP contribution is -2.28. The summed E-state index contributed by atoms with van der Waals surface area (Å²) < 4.78 is 0. The molecule has 6 heteroatoms. The zero-order valence-electron chi connectivity index (χ0n) is 16.3. The van der Waals surface area contributed by atoms with Crippen LogP contribution in [0.2, 0.25) is 5.02 Å². The van der Waals surface area contributed by atoms with Crippen LogP contribution in [-0.4, -0.2) is 21.0 Å². The quantitative estimate of drug-likeness (QED) is 0.499. The van der Waals surface area contributed by atoms with Gasteiger partial charge in [-0.05, 0) is 54.3 Å². The fraction of sp³-hybridized carbons (Fsp3) is 0.125. The molecule has 1 aliphatic heterocycles. The fourth-order valence-corrected chi connectivity index (χ4v) is 4.10. The van der Waals surface area contributed by atoms with Crippen LogP contribution in [-0.2, 0) is 6.42 Å². The first kappa shape index (κ1) is 18.6. The van der Waals surface area contributed by atoms with Crippen LogP contribution in [0.1, 0.15) is 23.6 Å². The van der Waals surface area contributed by atoms with Crippen molar-refractivity contribution < 1.29 is 0 Å². The van der Waals surface area contributed by atoms with Crippen LogP contribution in [0.15, 0.2) is 65.6 Å². The average Bonchev–Trinajstić information content (AvgIpc) is 3.08. The number of pyridine rings is 1. The second-order valence-corrected chi connectivity index (χ2v) is 7.86. The maximum absolute atomic E-state index is 13.0. The average molecular weight is 415 g/mol. The molecule has 2 aromatic heterocycles. The molecular weight excluding hydrogens is 396 g/mol. The Morgan fingerprint density at radius 3 is 2.73 bits per heavy atom. The van der Waals surface area contributed by atoms with Gasteiger partial charge in [0.25, 0.3) is 5.56 Å². The molecular formula is C24H19ClN4O. The van der Waals surface area contributed by atoms with Crippen LogP contribution in [0.3, 0.4) is 0 Å². The molecule has 0 spiro atoms. The van der Waals surface area contributed by atoms with E-state index in [2.05, 4.69) is 33.9 Å². The number of benzene rings is 2. The molecule has 148 valence electrons. The molecule has 0 unspecified atom stereocenters. The highest BCUT2D eigenvalue weighted by atomic mass is 35.5. The Morgan fingerprint density at radius 2 is 1.90 bits per heavy atom. The topological polar surface area (TPSA) is 61.9 Å². The molecule has 5 rings (SSSR count). The first-order valence-electron chi connectivity index (χ1n) is 9.80. The van der Waals surface area contributed by atoms with Crippen molar-refractivity contribution in [1.82, 2.24) is 15.0 Å². The predicted molar refractivity (Wildman–Crippen MR) is 122 cm³/mol. The predicted octanol–water partition coefficient (Wildman–Crippen LogP) is 5.22. The first-order valence-corrected chi connectivity index (χ1v) is 10.2. The van der Waals surface area contributed by atoms with Crippen molar-refractivity contribution in [3.05, 3.63) is 92.9 Å². The summed E-state index contributed by atoms with van der Waals surface area (Å²) >= 11 is 5.95. The Balaban J connectivity index is 1.58. The molecule has 5 nitrogen and oxygen atoms in total. The number of H-pyrrole nitrogens is 1. The number of hydrogen-bond acceptors (Lipinski definition) is 4. The summed E-state index contributed by atoms with van der Waals surface area (Å²) in [5.41, 5.74) is 4.32. The Kier molecular flexibility index (Phi) is 4.60. The zero-order valence-corrected chi connectivity index (χ0v) is 17.1. The first-order chi connectivity index (χ1) is 14.6. The highest BCUT2D eigenvalue weighted by Gasteiger charge is 2.28. The Bertz CT molecular complexity index is 1330. The van der Waals surface area contributed by atoms with E-state index in [0.717, 1.165) is 23.2 Å². The lowest BCUT2D eigenvalue weighted by molar-refractivity contribution is 0.740. The number of hydrogen-bond donors (Lipinski definition) is 1. The minimum atomic E-state index is -0.199. The minimum Gasteiger partial charge on any atom is -0.309 e. The van der Waals surface area contributed by atoms with E-state index in [1.54, 1.807) is 6.20 Å². The molecule has 0 aliphatic carbocycles. The van der Waals surface area contributed by atoms with Crippen LogP contribution in [0.5, 0.6) is 0 Å². The number of fused-ring (bicyclic) bond motifs is 2. The summed E-state index contributed by atoms with van der Waals surface area (Å²) in [5, 5.41) is 1.17. The summed E-state index contributed by atoms with van der Waals surface area (Å²) in [5.74, 6) is 0.524. The highest BCUT2D eigenvalue weighted by molar-refractivity contribution is 6.30. The van der Waals surface area contributed by atoms with Gasteiger partial charge in [0.1, 0.15) is 0 Å². The molecule has 1 aliphatic rings. The largest absolute Gasteiger partial charge is 0.309 e. The molecule has 3 heterocycles. The van der Waals surface area contributed by atoms with Gasteiger partial charge in [0, 0.05) is 22.9 Å². The van der Waals surface area contributed by atoms with Gasteiger partial charge in [0.05, 0.1) is 5.39 Å². The molecule has 0 saturated heterocycles. The normalized spacial score (nSPS) is 15.8. The molecule has 0 saturated carbocycles. The standard InChI is InChI=1S/C24H19ClN4O/c1-15-14-18-4-2-3-5-20(18)29(15)24-27-22-21(23(30)28-24)17(12-13-26-22)9-6-16-7-10-19(25)11-8-16/h2-13,15H,14H2,1H3,(H,26,27,28,30)/b9-6+/t15-/m1/s1. The van der Waals surface area contributed by atoms with Crippen LogP contribution < -0.4 is 10.5 Å². The van der Waals surface area contributed by atoms with Gasteiger partial charge in [0.2, 0.25) is 5.95 Å². The Labute approximate surface area is 178 Å². The van der Waals surface area contributed by atoms with E-state index in [1.165, 1.54) is 5.56 Å². The van der Waals surface area contributed by atoms with Crippen molar-refractivity contribution in [2.75, 3.05) is 4.90 Å². The van der Waals surface area contributed by atoms with Gasteiger partial charge in [-0.1, -0.05) is 54.1 Å². The highest BCUT2D eigenvalue weighted by Crippen LogP contribution is 2.36. The van der Waals surface area contributed by atoms with Crippen LogP contribution >= 0.6 is 11.6 Å². The monoisotopic (exact) mass is 414 g/mol. The third-order valence-corrected chi connectivity index (χ3v) is 5.64. The van der Waals surface area contributed by atoms with E-state index in [-0.39, 0.29) is 11.6 Å². The summed E-state index contributed by atoms with van der Waals surface area (Å²) in [7, 11) is 0. The Hall–Kier alpha value is -3.44. The van der Waals surface area contributed by atoms with Gasteiger partial charge in [-0.3, -0.25) is 9.78 Å². The van der Waals surface area contributed by atoms with E-state index < -0.39 is 0 Å². The smallest absolute Gasteiger partial charge is 0.262 e. The number of nitrogens with one attached hydrogen (secondary N) is 1. The van der Waals surface area contributed by atoms with Gasteiger partial charge in [-0.15, -0.1) is 0 Å². The number of rotatable bonds is 3. The van der Waals surface area contributed by atoms with Crippen molar-refractivity contribution in [2.24, 2.45) is 0 Å². The number of nitrogens with zero attached hydrogens (tertiary/aromatic N) is 3. The maximum atomic E-state index is 13.0. The molecule has 1 N–H and O–H groups in total. The molecule has 2 aromatic carbocycles. The number of para-hydroxylation sites is 1. The van der Waals surface area contributed by atoms with E-state index in [0.29, 0.717) is 22.0 Å². The molecule has 0 radical (unpaired) electrons. The van der Waals surface area contributed by atoms with E-state index >= 15 is 0 Å². The molecule has 0 amide bonds. The number of aromatic nitrogens is 3. The van der Waals surface area contributed by atoms with E-state index in [4.69, 9.17) is 16.6 Å². The third-order valence-electron chi connectivity index (χ3n) is 5.39. The third kappa shape index (κ3) is 3.27. The van der Waals surface area contributed by atoms with Gasteiger partial charge < -0.3 is 4.90 Å². The van der Waals surface area contributed by atoms with Crippen LogP contribution in [0.25, 0.3) is 23.2 Å². The number of halogens is 1. The summed E-state index contributed by atoms with van der Waals surface area (Å²) in [6.45, 7) is 2.13.